The van der Waals surface area contributed by atoms with Crippen molar-refractivity contribution in [1.29, 1.82) is 0 Å². The van der Waals surface area contributed by atoms with Gasteiger partial charge in [0, 0.05) is 12.7 Å². The van der Waals surface area contributed by atoms with Crippen LogP contribution in [0.25, 0.3) is 0 Å². The lowest BCUT2D eigenvalue weighted by Gasteiger charge is -2.04. The summed E-state index contributed by atoms with van der Waals surface area (Å²) in [6, 6.07) is 5.04. The van der Waals surface area contributed by atoms with Gasteiger partial charge in [-0.2, -0.15) is 0 Å². The van der Waals surface area contributed by atoms with E-state index in [1.807, 2.05) is 6.07 Å². The number of halogens is 1. The van der Waals surface area contributed by atoms with E-state index in [2.05, 4.69) is 22.9 Å². The van der Waals surface area contributed by atoms with Crippen molar-refractivity contribution in [3.05, 3.63) is 38.3 Å². The highest BCUT2D eigenvalue weighted by atomic mass is 79.9. The van der Waals surface area contributed by atoms with Crippen molar-refractivity contribution < 1.29 is 9.66 Å². The van der Waals surface area contributed by atoms with Gasteiger partial charge in [-0.3, -0.25) is 10.1 Å². The highest BCUT2D eigenvalue weighted by Crippen LogP contribution is 2.25. The van der Waals surface area contributed by atoms with E-state index >= 15 is 0 Å². The molecule has 0 aromatic heterocycles. The van der Waals surface area contributed by atoms with Crippen molar-refractivity contribution in [3.8, 4) is 0 Å². The lowest BCUT2D eigenvalue weighted by Crippen LogP contribution is -1.97. The van der Waals surface area contributed by atoms with Crippen LogP contribution in [-0.4, -0.2) is 11.5 Å². The molecule has 0 aliphatic rings. The van der Waals surface area contributed by atoms with Gasteiger partial charge in [0.15, 0.2) is 0 Å². The molecule has 0 atom stereocenters. The Labute approximate surface area is 103 Å². The SMILES string of the molecule is CCCCOCc1ccc(Br)c([N+](=O)[O-])c1. The highest BCUT2D eigenvalue weighted by molar-refractivity contribution is 9.10. The zero-order valence-corrected chi connectivity index (χ0v) is 10.7. The summed E-state index contributed by atoms with van der Waals surface area (Å²) in [7, 11) is 0. The van der Waals surface area contributed by atoms with E-state index in [9.17, 15) is 10.1 Å². The molecule has 0 N–H and O–H groups in total. The van der Waals surface area contributed by atoms with Gasteiger partial charge >= 0.3 is 0 Å². The predicted molar refractivity (Wildman–Crippen MR) is 65.4 cm³/mol. The molecule has 16 heavy (non-hydrogen) atoms. The van der Waals surface area contributed by atoms with Crippen LogP contribution in [0, 0.1) is 10.1 Å². The van der Waals surface area contributed by atoms with E-state index in [0.29, 0.717) is 17.7 Å². The first-order chi connectivity index (χ1) is 7.65. The Kier molecular flexibility index (Phi) is 5.42. The van der Waals surface area contributed by atoms with E-state index in [0.717, 1.165) is 18.4 Å². The Bertz CT molecular complexity index is 368. The van der Waals surface area contributed by atoms with Gasteiger partial charge < -0.3 is 4.74 Å². The molecule has 0 saturated heterocycles. The summed E-state index contributed by atoms with van der Waals surface area (Å²) in [6.07, 6.45) is 2.10. The van der Waals surface area contributed by atoms with Crippen molar-refractivity contribution in [2.45, 2.75) is 26.4 Å². The fraction of sp³-hybridized carbons (Fsp3) is 0.455. The monoisotopic (exact) mass is 287 g/mol. The maximum atomic E-state index is 10.7. The van der Waals surface area contributed by atoms with Crippen LogP contribution in [0.5, 0.6) is 0 Å². The third kappa shape index (κ3) is 3.90. The minimum Gasteiger partial charge on any atom is -0.377 e. The number of nitro benzene ring substituents is 1. The summed E-state index contributed by atoms with van der Waals surface area (Å²) < 4.78 is 5.89. The van der Waals surface area contributed by atoms with E-state index in [1.54, 1.807) is 6.07 Å². The Morgan fingerprint density at radius 1 is 1.50 bits per heavy atom. The molecule has 0 unspecified atom stereocenters. The summed E-state index contributed by atoms with van der Waals surface area (Å²) in [4.78, 5) is 10.3. The number of hydrogen-bond acceptors (Lipinski definition) is 3. The first-order valence-corrected chi connectivity index (χ1v) is 5.95. The lowest BCUT2D eigenvalue weighted by molar-refractivity contribution is -0.385. The molecule has 4 nitrogen and oxygen atoms in total. The maximum absolute atomic E-state index is 10.7. The van der Waals surface area contributed by atoms with Crippen LogP contribution >= 0.6 is 15.9 Å². The molecule has 0 aliphatic heterocycles. The largest absolute Gasteiger partial charge is 0.377 e. The van der Waals surface area contributed by atoms with Gasteiger partial charge in [0.1, 0.15) is 0 Å². The molecule has 1 rings (SSSR count). The Hall–Kier alpha value is -0.940. The van der Waals surface area contributed by atoms with E-state index in [-0.39, 0.29) is 5.69 Å². The number of nitrogens with zero attached hydrogens (tertiary/aromatic N) is 1. The van der Waals surface area contributed by atoms with E-state index in [1.165, 1.54) is 6.07 Å². The van der Waals surface area contributed by atoms with Gasteiger partial charge in [-0.05, 0) is 34.0 Å². The second kappa shape index (κ2) is 6.60. The minimum absolute atomic E-state index is 0.0802. The van der Waals surface area contributed by atoms with Crippen LogP contribution in [0.3, 0.4) is 0 Å². The molecule has 0 amide bonds. The number of hydrogen-bond donors (Lipinski definition) is 0. The Morgan fingerprint density at radius 2 is 2.25 bits per heavy atom. The average molecular weight is 288 g/mol. The highest BCUT2D eigenvalue weighted by Gasteiger charge is 2.11. The zero-order chi connectivity index (χ0) is 12.0. The molecule has 1 aromatic rings. The van der Waals surface area contributed by atoms with Crippen LogP contribution in [0.4, 0.5) is 5.69 Å². The Balaban J connectivity index is 2.61. The molecule has 5 heteroatoms. The van der Waals surface area contributed by atoms with Crippen LogP contribution in [0.1, 0.15) is 25.3 Å². The molecule has 0 saturated carbocycles. The molecule has 0 aliphatic carbocycles. The topological polar surface area (TPSA) is 52.4 Å². The molecule has 0 fully saturated rings. The normalized spacial score (nSPS) is 10.4. The van der Waals surface area contributed by atoms with Gasteiger partial charge in [-0.15, -0.1) is 0 Å². The second-order valence-electron chi connectivity index (χ2n) is 3.45. The quantitative estimate of drug-likeness (QED) is 0.456. The summed E-state index contributed by atoms with van der Waals surface area (Å²) in [5.41, 5.74) is 0.905. The second-order valence-corrected chi connectivity index (χ2v) is 4.30. The van der Waals surface area contributed by atoms with Crippen molar-refractivity contribution in [2.75, 3.05) is 6.61 Å². The zero-order valence-electron chi connectivity index (χ0n) is 9.11. The third-order valence-electron chi connectivity index (χ3n) is 2.12. The van der Waals surface area contributed by atoms with Gasteiger partial charge in [0.2, 0.25) is 0 Å². The van der Waals surface area contributed by atoms with Crippen LogP contribution in [0.15, 0.2) is 22.7 Å². The number of unbranched alkanes of at least 4 members (excludes halogenated alkanes) is 1. The molecule has 88 valence electrons. The van der Waals surface area contributed by atoms with Crippen molar-refractivity contribution in [2.24, 2.45) is 0 Å². The van der Waals surface area contributed by atoms with Gasteiger partial charge in [0.25, 0.3) is 5.69 Å². The first-order valence-electron chi connectivity index (χ1n) is 5.15. The third-order valence-corrected chi connectivity index (χ3v) is 2.79. The van der Waals surface area contributed by atoms with Gasteiger partial charge in [-0.25, -0.2) is 0 Å². The first kappa shape index (κ1) is 13.1. The number of ether oxygens (including phenoxy) is 1. The number of nitro groups is 1. The molecule has 0 heterocycles. The fourth-order valence-electron chi connectivity index (χ4n) is 1.22. The van der Waals surface area contributed by atoms with Crippen molar-refractivity contribution in [3.63, 3.8) is 0 Å². The number of rotatable bonds is 6. The van der Waals surface area contributed by atoms with Crippen molar-refractivity contribution in [1.82, 2.24) is 0 Å². The van der Waals surface area contributed by atoms with E-state index < -0.39 is 4.92 Å². The smallest absolute Gasteiger partial charge is 0.283 e. The standard InChI is InChI=1S/C11H14BrNO3/c1-2-3-6-16-8-9-4-5-10(12)11(7-9)13(14)15/h4-5,7H,2-3,6,8H2,1H3. The lowest BCUT2D eigenvalue weighted by atomic mass is 10.2. The van der Waals surface area contributed by atoms with E-state index in [4.69, 9.17) is 4.74 Å². The molecule has 0 radical (unpaired) electrons. The van der Waals surface area contributed by atoms with Gasteiger partial charge in [0.05, 0.1) is 16.0 Å². The molecular weight excluding hydrogens is 274 g/mol. The summed E-state index contributed by atoms with van der Waals surface area (Å²) in [6.45, 7) is 3.21. The fourth-order valence-corrected chi connectivity index (χ4v) is 1.62. The maximum Gasteiger partial charge on any atom is 0.283 e. The average Bonchev–Trinajstić information content (AvgIpc) is 2.26. The summed E-state index contributed by atoms with van der Waals surface area (Å²) >= 11 is 3.14. The van der Waals surface area contributed by atoms with Gasteiger partial charge in [-0.1, -0.05) is 19.4 Å². The van der Waals surface area contributed by atoms with Crippen LogP contribution in [0.2, 0.25) is 0 Å². The predicted octanol–water partition coefficient (Wildman–Crippen LogP) is 3.67. The molecule has 0 bridgehead atoms. The Morgan fingerprint density at radius 3 is 2.88 bits per heavy atom. The minimum atomic E-state index is -0.403. The van der Waals surface area contributed by atoms with Crippen LogP contribution in [-0.2, 0) is 11.3 Å². The molecule has 0 spiro atoms. The number of benzene rings is 1. The van der Waals surface area contributed by atoms with Crippen LogP contribution < -0.4 is 0 Å². The summed E-state index contributed by atoms with van der Waals surface area (Å²) in [5, 5.41) is 10.7. The molecular formula is C11H14BrNO3. The summed E-state index contributed by atoms with van der Waals surface area (Å²) in [5.74, 6) is 0. The molecule has 1 aromatic carbocycles. The van der Waals surface area contributed by atoms with Crippen molar-refractivity contribution >= 4 is 21.6 Å².